The van der Waals surface area contributed by atoms with Gasteiger partial charge in [-0.1, -0.05) is 30.3 Å². The number of nitrogens with one attached hydrogen (secondary N) is 1. The predicted molar refractivity (Wildman–Crippen MR) is 118 cm³/mol. The van der Waals surface area contributed by atoms with Crippen molar-refractivity contribution in [2.24, 2.45) is 0 Å². The highest BCUT2D eigenvalue weighted by Gasteiger charge is 2.32. The quantitative estimate of drug-likeness (QED) is 0.658. The van der Waals surface area contributed by atoms with Gasteiger partial charge in [-0.05, 0) is 51.1 Å². The molecule has 0 bridgehead atoms. The maximum atomic E-state index is 13.0. The van der Waals surface area contributed by atoms with Crippen LogP contribution in [0.3, 0.4) is 0 Å². The third kappa shape index (κ3) is 3.82. The maximum Gasteiger partial charge on any atom is 0.340 e. The Hall–Kier alpha value is -3.87. The van der Waals surface area contributed by atoms with Crippen molar-refractivity contribution in [3.8, 4) is 5.69 Å². The largest absolute Gasteiger partial charge is 0.449 e. The summed E-state index contributed by atoms with van der Waals surface area (Å²) in [6.07, 6.45) is -1.05. The van der Waals surface area contributed by atoms with Crippen molar-refractivity contribution in [2.45, 2.75) is 26.9 Å². The number of hydrogen-bond acceptors (Lipinski definition) is 4. The Labute approximate surface area is 180 Å². The van der Waals surface area contributed by atoms with Crippen molar-refractivity contribution in [2.75, 3.05) is 16.8 Å². The Bertz CT molecular complexity index is 1170. The number of aryl methyl sites for hydroxylation is 1. The first-order chi connectivity index (χ1) is 14.9. The molecular formula is C24H23N3O4. The van der Waals surface area contributed by atoms with Crippen LogP contribution in [-0.2, 0) is 14.3 Å². The van der Waals surface area contributed by atoms with Crippen LogP contribution in [0.5, 0.6) is 0 Å². The molecule has 7 heteroatoms. The number of para-hydroxylation sites is 3. The minimum Gasteiger partial charge on any atom is -0.449 e. The zero-order chi connectivity index (χ0) is 22.1. The van der Waals surface area contributed by atoms with Gasteiger partial charge in [0.1, 0.15) is 6.54 Å². The molecule has 2 heterocycles. The van der Waals surface area contributed by atoms with E-state index >= 15 is 0 Å². The van der Waals surface area contributed by atoms with Crippen LogP contribution in [0, 0.1) is 13.8 Å². The Morgan fingerprint density at radius 1 is 1.03 bits per heavy atom. The molecule has 0 spiro atoms. The summed E-state index contributed by atoms with van der Waals surface area (Å²) in [7, 11) is 0. The van der Waals surface area contributed by atoms with E-state index in [-0.39, 0.29) is 12.5 Å². The first-order valence-corrected chi connectivity index (χ1v) is 10.0. The van der Waals surface area contributed by atoms with Crippen molar-refractivity contribution >= 4 is 29.2 Å². The summed E-state index contributed by atoms with van der Waals surface area (Å²) in [5, 5.41) is 2.74. The average Bonchev–Trinajstić information content (AvgIpc) is 3.07. The number of nitrogens with zero attached hydrogens (tertiary/aromatic N) is 2. The molecule has 1 aromatic heterocycles. The third-order valence-corrected chi connectivity index (χ3v) is 5.33. The second-order valence-electron chi connectivity index (χ2n) is 7.49. The van der Waals surface area contributed by atoms with Crippen LogP contribution in [0.25, 0.3) is 5.69 Å². The molecule has 0 saturated heterocycles. The number of fused-ring (bicyclic) bond motifs is 1. The van der Waals surface area contributed by atoms with Crippen molar-refractivity contribution in [3.63, 3.8) is 0 Å². The fourth-order valence-electron chi connectivity index (χ4n) is 3.87. The summed E-state index contributed by atoms with van der Waals surface area (Å²) in [5.41, 5.74) is 4.09. The highest BCUT2D eigenvalue weighted by atomic mass is 16.5. The number of ether oxygens (including phenoxy) is 1. The zero-order valence-electron chi connectivity index (χ0n) is 17.6. The molecule has 158 valence electrons. The standard InChI is InChI=1S/C24H23N3O4/c1-15-13-19(16(2)27(15)18-9-5-4-6-10-18)24(30)31-17(3)23(29)26-14-22(28)25-20-11-7-8-12-21(20)26/h4-13,17H,14H2,1-3H3,(H,25,28)/t17-/m1/s1. The first-order valence-electron chi connectivity index (χ1n) is 10.0. The average molecular weight is 417 g/mol. The molecule has 0 unspecified atom stereocenters. The molecule has 2 aromatic carbocycles. The van der Waals surface area contributed by atoms with Gasteiger partial charge in [0.05, 0.1) is 16.9 Å². The number of hydrogen-bond donors (Lipinski definition) is 1. The molecule has 31 heavy (non-hydrogen) atoms. The summed E-state index contributed by atoms with van der Waals surface area (Å²) in [5.74, 6) is -1.32. The van der Waals surface area contributed by atoms with E-state index in [1.54, 1.807) is 30.3 Å². The predicted octanol–water partition coefficient (Wildman–Crippen LogP) is 3.62. The number of amides is 2. The van der Waals surface area contributed by atoms with E-state index < -0.39 is 18.0 Å². The molecule has 1 aliphatic rings. The lowest BCUT2D eigenvalue weighted by atomic mass is 10.1. The van der Waals surface area contributed by atoms with Crippen LogP contribution in [0.4, 0.5) is 11.4 Å². The van der Waals surface area contributed by atoms with E-state index in [9.17, 15) is 14.4 Å². The Kier molecular flexibility index (Phi) is 5.33. The first kappa shape index (κ1) is 20.4. The van der Waals surface area contributed by atoms with Crippen LogP contribution < -0.4 is 10.2 Å². The number of esters is 1. The number of carbonyl (C=O) groups is 3. The molecule has 1 aliphatic heterocycles. The van der Waals surface area contributed by atoms with Crippen molar-refractivity contribution in [1.82, 2.24) is 4.57 Å². The lowest BCUT2D eigenvalue weighted by molar-refractivity contribution is -0.128. The van der Waals surface area contributed by atoms with Gasteiger partial charge in [0.2, 0.25) is 5.91 Å². The van der Waals surface area contributed by atoms with Crippen LogP contribution in [0.2, 0.25) is 0 Å². The Balaban J connectivity index is 1.55. The Morgan fingerprint density at radius 2 is 1.71 bits per heavy atom. The maximum absolute atomic E-state index is 13.0. The smallest absolute Gasteiger partial charge is 0.340 e. The van der Waals surface area contributed by atoms with Gasteiger partial charge >= 0.3 is 5.97 Å². The fraction of sp³-hybridized carbons (Fsp3) is 0.208. The molecule has 0 fully saturated rings. The van der Waals surface area contributed by atoms with Gasteiger partial charge < -0.3 is 14.6 Å². The van der Waals surface area contributed by atoms with Gasteiger partial charge in [0.25, 0.3) is 5.91 Å². The second kappa shape index (κ2) is 8.10. The SMILES string of the molecule is Cc1cc(C(=O)O[C@H](C)C(=O)N2CC(=O)Nc3ccccc32)c(C)n1-c1ccccc1. The molecule has 2 amide bonds. The van der Waals surface area contributed by atoms with Gasteiger partial charge in [0.15, 0.2) is 6.10 Å². The molecule has 0 aliphatic carbocycles. The van der Waals surface area contributed by atoms with Crippen LogP contribution in [0.1, 0.15) is 28.7 Å². The molecule has 3 aromatic rings. The molecule has 7 nitrogen and oxygen atoms in total. The summed E-state index contributed by atoms with van der Waals surface area (Å²) in [6, 6.07) is 18.5. The Morgan fingerprint density at radius 3 is 2.45 bits per heavy atom. The van der Waals surface area contributed by atoms with Gasteiger partial charge in [-0.15, -0.1) is 0 Å². The van der Waals surface area contributed by atoms with E-state index in [1.807, 2.05) is 48.7 Å². The van der Waals surface area contributed by atoms with Gasteiger partial charge in [-0.3, -0.25) is 14.5 Å². The number of anilines is 2. The number of benzene rings is 2. The molecular weight excluding hydrogens is 394 g/mol. The molecule has 1 N–H and O–H groups in total. The lowest BCUT2D eigenvalue weighted by Gasteiger charge is -2.30. The van der Waals surface area contributed by atoms with Gasteiger partial charge in [-0.25, -0.2) is 4.79 Å². The summed E-state index contributed by atoms with van der Waals surface area (Å²) >= 11 is 0. The van der Waals surface area contributed by atoms with Gasteiger partial charge in [0, 0.05) is 17.1 Å². The van der Waals surface area contributed by atoms with Crippen LogP contribution >= 0.6 is 0 Å². The van der Waals surface area contributed by atoms with Crippen LogP contribution in [0.15, 0.2) is 60.7 Å². The number of rotatable bonds is 4. The van der Waals surface area contributed by atoms with Crippen molar-refractivity contribution in [3.05, 3.63) is 77.6 Å². The topological polar surface area (TPSA) is 80.6 Å². The van der Waals surface area contributed by atoms with Gasteiger partial charge in [-0.2, -0.15) is 0 Å². The summed E-state index contributed by atoms with van der Waals surface area (Å²) < 4.78 is 7.48. The minimum atomic E-state index is -1.05. The number of aromatic nitrogens is 1. The highest BCUT2D eigenvalue weighted by Crippen LogP contribution is 2.30. The van der Waals surface area contributed by atoms with E-state index in [0.717, 1.165) is 17.1 Å². The molecule has 0 saturated carbocycles. The van der Waals surface area contributed by atoms with Crippen molar-refractivity contribution < 1.29 is 19.1 Å². The second-order valence-corrected chi connectivity index (χ2v) is 7.49. The fourth-order valence-corrected chi connectivity index (χ4v) is 3.87. The normalized spacial score (nSPS) is 13.9. The lowest BCUT2D eigenvalue weighted by Crippen LogP contribution is -2.47. The monoisotopic (exact) mass is 417 g/mol. The summed E-state index contributed by atoms with van der Waals surface area (Å²) in [4.78, 5) is 39.3. The van der Waals surface area contributed by atoms with E-state index in [4.69, 9.17) is 4.74 Å². The highest BCUT2D eigenvalue weighted by molar-refractivity contribution is 6.11. The van der Waals surface area contributed by atoms with E-state index in [2.05, 4.69) is 5.32 Å². The third-order valence-electron chi connectivity index (χ3n) is 5.33. The van der Waals surface area contributed by atoms with Crippen molar-refractivity contribution in [1.29, 1.82) is 0 Å². The molecule has 0 radical (unpaired) electrons. The zero-order valence-corrected chi connectivity index (χ0v) is 17.6. The van der Waals surface area contributed by atoms with E-state index in [1.165, 1.54) is 11.8 Å². The summed E-state index contributed by atoms with van der Waals surface area (Å²) in [6.45, 7) is 5.15. The molecule has 1 atom stereocenters. The number of carbonyl (C=O) groups excluding carboxylic acids is 3. The molecule has 4 rings (SSSR count). The van der Waals surface area contributed by atoms with Crippen LogP contribution in [-0.4, -0.2) is 35.0 Å². The minimum absolute atomic E-state index is 0.125. The van der Waals surface area contributed by atoms with E-state index in [0.29, 0.717) is 16.9 Å².